The maximum absolute atomic E-state index is 12.8. The van der Waals surface area contributed by atoms with Gasteiger partial charge in [-0.3, -0.25) is 4.98 Å². The minimum Gasteiger partial charge on any atom is -0.322 e. The summed E-state index contributed by atoms with van der Waals surface area (Å²) >= 11 is 11.9. The van der Waals surface area contributed by atoms with Gasteiger partial charge in [-0.1, -0.05) is 29.3 Å². The van der Waals surface area contributed by atoms with Gasteiger partial charge in [0.2, 0.25) is 0 Å². The van der Waals surface area contributed by atoms with Crippen LogP contribution in [0.1, 0.15) is 11.5 Å². The summed E-state index contributed by atoms with van der Waals surface area (Å²) in [6.07, 6.45) is -3.91. The molecule has 3 aromatic rings. The number of halogens is 5. The van der Waals surface area contributed by atoms with Gasteiger partial charge in [-0.25, -0.2) is 4.98 Å². The van der Waals surface area contributed by atoms with E-state index >= 15 is 0 Å². The van der Waals surface area contributed by atoms with Gasteiger partial charge in [0.05, 0.1) is 33.3 Å². The second-order valence-electron chi connectivity index (χ2n) is 4.98. The fourth-order valence-corrected chi connectivity index (χ4v) is 2.63. The Balaban J connectivity index is 2.14. The maximum Gasteiger partial charge on any atom is 0.396 e. The van der Waals surface area contributed by atoms with Crippen molar-refractivity contribution in [1.29, 1.82) is 0 Å². The lowest BCUT2D eigenvalue weighted by molar-refractivity contribution is -0.128. The van der Waals surface area contributed by atoms with Gasteiger partial charge < -0.3 is 4.57 Å². The van der Waals surface area contributed by atoms with E-state index in [-0.39, 0.29) is 22.4 Å². The number of hydrogen-bond acceptors (Lipinski definition) is 2. The van der Waals surface area contributed by atoms with Crippen LogP contribution < -0.4 is 0 Å². The molecule has 2 heterocycles. The quantitative estimate of drug-likeness (QED) is 0.666. The van der Waals surface area contributed by atoms with Crippen molar-refractivity contribution in [2.45, 2.75) is 19.1 Å². The van der Waals surface area contributed by atoms with Gasteiger partial charge in [0, 0.05) is 6.20 Å². The Labute approximate surface area is 139 Å². The van der Waals surface area contributed by atoms with Crippen molar-refractivity contribution in [2.24, 2.45) is 0 Å². The zero-order valence-electron chi connectivity index (χ0n) is 11.6. The molecule has 3 nitrogen and oxygen atoms in total. The molecule has 0 saturated heterocycles. The van der Waals surface area contributed by atoms with Gasteiger partial charge in [-0.15, -0.1) is 0 Å². The first-order chi connectivity index (χ1) is 10.8. The zero-order chi connectivity index (χ0) is 16.6. The Morgan fingerprint density at radius 3 is 2.48 bits per heavy atom. The molecule has 8 heteroatoms. The number of alkyl halides is 3. The van der Waals surface area contributed by atoms with E-state index in [0.29, 0.717) is 16.7 Å². The SMILES string of the molecule is FC(F)(F)Cc1nc2cc(Cl)c(Cl)cc2n1Cc1ccccn1. The number of imidazole rings is 1. The van der Waals surface area contributed by atoms with E-state index in [9.17, 15) is 13.2 Å². The first-order valence-corrected chi connectivity index (χ1v) is 7.40. The monoisotopic (exact) mass is 359 g/mol. The molecule has 0 aliphatic rings. The van der Waals surface area contributed by atoms with Crippen molar-refractivity contribution in [3.05, 3.63) is 58.1 Å². The Morgan fingerprint density at radius 1 is 1.09 bits per heavy atom. The van der Waals surface area contributed by atoms with E-state index in [4.69, 9.17) is 23.2 Å². The van der Waals surface area contributed by atoms with Crippen LogP contribution in [0.5, 0.6) is 0 Å². The van der Waals surface area contributed by atoms with Crippen LogP contribution >= 0.6 is 23.2 Å². The Morgan fingerprint density at radius 2 is 1.83 bits per heavy atom. The Bertz CT molecular complexity index is 845. The molecular weight excluding hydrogens is 350 g/mol. The summed E-state index contributed by atoms with van der Waals surface area (Å²) in [5.74, 6) is -0.100. The van der Waals surface area contributed by atoms with Gasteiger partial charge in [0.1, 0.15) is 12.2 Å². The van der Waals surface area contributed by atoms with Crippen molar-refractivity contribution in [1.82, 2.24) is 14.5 Å². The highest BCUT2D eigenvalue weighted by Gasteiger charge is 2.31. The third-order valence-corrected chi connectivity index (χ3v) is 4.00. The second kappa shape index (κ2) is 6.02. The zero-order valence-corrected chi connectivity index (χ0v) is 13.1. The predicted molar refractivity (Wildman–Crippen MR) is 82.9 cm³/mol. The summed E-state index contributed by atoms with van der Waals surface area (Å²) in [7, 11) is 0. The number of rotatable bonds is 3. The number of nitrogens with zero attached hydrogens (tertiary/aromatic N) is 3. The van der Waals surface area contributed by atoms with Gasteiger partial charge >= 0.3 is 6.18 Å². The molecule has 0 spiro atoms. The summed E-state index contributed by atoms with van der Waals surface area (Å²) in [5.41, 5.74) is 1.49. The van der Waals surface area contributed by atoms with E-state index < -0.39 is 12.6 Å². The molecule has 0 N–H and O–H groups in total. The number of aromatic nitrogens is 3. The summed E-state index contributed by atoms with van der Waals surface area (Å²) in [5, 5.41) is 0.514. The molecule has 0 aliphatic heterocycles. The van der Waals surface area contributed by atoms with Crippen LogP contribution in [-0.4, -0.2) is 20.7 Å². The lowest BCUT2D eigenvalue weighted by Crippen LogP contribution is -2.17. The molecule has 0 aliphatic carbocycles. The van der Waals surface area contributed by atoms with E-state index in [0.717, 1.165) is 0 Å². The topological polar surface area (TPSA) is 30.7 Å². The molecule has 3 rings (SSSR count). The van der Waals surface area contributed by atoms with E-state index in [1.54, 1.807) is 24.4 Å². The summed E-state index contributed by atoms with van der Waals surface area (Å²) in [4.78, 5) is 8.22. The molecule has 1 aromatic carbocycles. The average molecular weight is 360 g/mol. The van der Waals surface area contributed by atoms with Crippen LogP contribution in [0.4, 0.5) is 13.2 Å². The molecular formula is C15H10Cl2F3N3. The Kier molecular flexibility index (Phi) is 4.21. The number of fused-ring (bicyclic) bond motifs is 1. The largest absolute Gasteiger partial charge is 0.396 e. The first-order valence-electron chi connectivity index (χ1n) is 6.64. The lowest BCUT2D eigenvalue weighted by atomic mass is 10.3. The number of benzene rings is 1. The number of pyridine rings is 1. The minimum absolute atomic E-state index is 0.100. The lowest BCUT2D eigenvalue weighted by Gasteiger charge is -2.11. The molecule has 0 saturated carbocycles. The predicted octanol–water partition coefficient (Wildman–Crippen LogP) is 4.89. The minimum atomic E-state index is -4.36. The van der Waals surface area contributed by atoms with E-state index in [1.165, 1.54) is 16.7 Å². The molecule has 0 atom stereocenters. The summed E-state index contributed by atoms with van der Waals surface area (Å²) in [6, 6.07) is 8.24. The van der Waals surface area contributed by atoms with Crippen molar-refractivity contribution in [3.8, 4) is 0 Å². The third-order valence-electron chi connectivity index (χ3n) is 3.27. The smallest absolute Gasteiger partial charge is 0.322 e. The molecule has 2 aromatic heterocycles. The molecule has 0 unspecified atom stereocenters. The van der Waals surface area contributed by atoms with Crippen molar-refractivity contribution in [2.75, 3.05) is 0 Å². The molecule has 120 valence electrons. The molecule has 0 amide bonds. The van der Waals surface area contributed by atoms with Gasteiger partial charge in [0.25, 0.3) is 0 Å². The fraction of sp³-hybridized carbons (Fsp3) is 0.200. The van der Waals surface area contributed by atoms with Crippen molar-refractivity contribution in [3.63, 3.8) is 0 Å². The average Bonchev–Trinajstić information content (AvgIpc) is 2.76. The van der Waals surface area contributed by atoms with Crippen LogP contribution in [0.25, 0.3) is 11.0 Å². The standard InChI is InChI=1S/C15H10Cl2F3N3/c16-10-5-12-13(6-11(10)17)23(8-9-3-1-2-4-21-9)14(22-12)7-15(18,19)20/h1-6H,7-8H2. The van der Waals surface area contributed by atoms with Crippen LogP contribution in [0.3, 0.4) is 0 Å². The Hall–Kier alpha value is -1.79. The number of hydrogen-bond donors (Lipinski definition) is 0. The van der Waals surface area contributed by atoms with Crippen molar-refractivity contribution < 1.29 is 13.2 Å². The molecule has 0 radical (unpaired) electrons. The van der Waals surface area contributed by atoms with Crippen LogP contribution in [0.2, 0.25) is 10.0 Å². The highest BCUT2D eigenvalue weighted by Crippen LogP contribution is 2.30. The van der Waals surface area contributed by atoms with Crippen LogP contribution in [0.15, 0.2) is 36.5 Å². The first kappa shape index (κ1) is 16.1. The normalized spacial score (nSPS) is 12.0. The van der Waals surface area contributed by atoms with Gasteiger partial charge in [-0.2, -0.15) is 13.2 Å². The highest BCUT2D eigenvalue weighted by atomic mass is 35.5. The van der Waals surface area contributed by atoms with E-state index in [1.807, 2.05) is 0 Å². The maximum atomic E-state index is 12.8. The van der Waals surface area contributed by atoms with E-state index in [2.05, 4.69) is 9.97 Å². The fourth-order valence-electron chi connectivity index (χ4n) is 2.31. The van der Waals surface area contributed by atoms with Crippen molar-refractivity contribution >= 4 is 34.2 Å². The third kappa shape index (κ3) is 3.59. The van der Waals surface area contributed by atoms with Gasteiger partial charge in [-0.05, 0) is 24.3 Å². The summed E-state index contributed by atoms with van der Waals surface area (Å²) < 4.78 is 39.9. The molecule has 0 fully saturated rings. The van der Waals surface area contributed by atoms with Gasteiger partial charge in [0.15, 0.2) is 0 Å². The second-order valence-corrected chi connectivity index (χ2v) is 5.80. The van der Waals surface area contributed by atoms with Crippen LogP contribution in [0, 0.1) is 0 Å². The summed E-state index contributed by atoms with van der Waals surface area (Å²) in [6.45, 7) is 0.167. The van der Waals surface area contributed by atoms with Crippen LogP contribution in [-0.2, 0) is 13.0 Å². The highest BCUT2D eigenvalue weighted by molar-refractivity contribution is 6.42. The molecule has 0 bridgehead atoms. The molecule has 23 heavy (non-hydrogen) atoms.